The molecule has 1 atom stereocenters. The maximum Gasteiger partial charge on any atom is 0.252 e. The molecule has 1 unspecified atom stereocenters. The van der Waals surface area contributed by atoms with Crippen LogP contribution in [-0.2, 0) is 0 Å². The Bertz CT molecular complexity index is 685. The van der Waals surface area contributed by atoms with Crippen LogP contribution >= 0.6 is 11.6 Å². The second kappa shape index (κ2) is 6.41. The van der Waals surface area contributed by atoms with Crippen molar-refractivity contribution in [2.45, 2.75) is 13.0 Å². The zero-order valence-electron chi connectivity index (χ0n) is 11.4. The summed E-state index contributed by atoms with van der Waals surface area (Å²) in [6, 6.07) is 13.1. The summed E-state index contributed by atoms with van der Waals surface area (Å²) >= 11 is 5.87. The number of para-hydroxylation sites is 1. The molecule has 0 saturated carbocycles. The van der Waals surface area contributed by atoms with Crippen molar-refractivity contribution in [2.75, 3.05) is 0 Å². The third-order valence-corrected chi connectivity index (χ3v) is 3.17. The fourth-order valence-electron chi connectivity index (χ4n) is 1.89. The van der Waals surface area contributed by atoms with E-state index in [4.69, 9.17) is 22.1 Å². The standard InChI is InChI=1S/C16H14ClNO3/c1-10(15(19)11-5-4-6-12(17)9-11)21-14-8-3-2-7-13(14)16(18)20/h2-10H,1H3,(H2,18,20). The molecule has 0 aliphatic heterocycles. The van der Waals surface area contributed by atoms with Crippen LogP contribution in [0.1, 0.15) is 27.6 Å². The summed E-state index contributed by atoms with van der Waals surface area (Å²) in [5, 5.41) is 0.477. The third-order valence-electron chi connectivity index (χ3n) is 2.93. The molecule has 1 amide bonds. The van der Waals surface area contributed by atoms with E-state index in [1.54, 1.807) is 55.5 Å². The highest BCUT2D eigenvalue weighted by Crippen LogP contribution is 2.20. The van der Waals surface area contributed by atoms with Crippen LogP contribution in [0.15, 0.2) is 48.5 Å². The van der Waals surface area contributed by atoms with Crippen LogP contribution < -0.4 is 10.5 Å². The molecule has 4 nitrogen and oxygen atoms in total. The van der Waals surface area contributed by atoms with Gasteiger partial charge in [-0.25, -0.2) is 0 Å². The summed E-state index contributed by atoms with van der Waals surface area (Å²) in [6.07, 6.45) is -0.760. The average Bonchev–Trinajstić information content (AvgIpc) is 2.46. The van der Waals surface area contributed by atoms with E-state index < -0.39 is 12.0 Å². The van der Waals surface area contributed by atoms with Gasteiger partial charge in [-0.2, -0.15) is 0 Å². The number of rotatable bonds is 5. The fourth-order valence-corrected chi connectivity index (χ4v) is 2.08. The quantitative estimate of drug-likeness (QED) is 0.863. The zero-order chi connectivity index (χ0) is 15.4. The largest absolute Gasteiger partial charge is 0.482 e. The van der Waals surface area contributed by atoms with Gasteiger partial charge in [0.15, 0.2) is 6.10 Å². The van der Waals surface area contributed by atoms with Crippen LogP contribution in [-0.4, -0.2) is 17.8 Å². The van der Waals surface area contributed by atoms with Gasteiger partial charge in [-0.05, 0) is 31.2 Å². The highest BCUT2D eigenvalue weighted by molar-refractivity contribution is 6.31. The fraction of sp³-hybridized carbons (Fsp3) is 0.125. The summed E-state index contributed by atoms with van der Waals surface area (Å²) in [7, 11) is 0. The summed E-state index contributed by atoms with van der Waals surface area (Å²) in [6.45, 7) is 1.61. The average molecular weight is 304 g/mol. The Morgan fingerprint density at radius 2 is 1.86 bits per heavy atom. The van der Waals surface area contributed by atoms with Gasteiger partial charge in [-0.1, -0.05) is 35.9 Å². The highest BCUT2D eigenvalue weighted by atomic mass is 35.5. The van der Waals surface area contributed by atoms with Crippen molar-refractivity contribution >= 4 is 23.3 Å². The maximum absolute atomic E-state index is 12.3. The van der Waals surface area contributed by atoms with Crippen LogP contribution in [0.25, 0.3) is 0 Å². The Balaban J connectivity index is 2.20. The number of hydrogen-bond acceptors (Lipinski definition) is 3. The SMILES string of the molecule is CC(Oc1ccccc1C(N)=O)C(=O)c1cccc(Cl)c1. The molecule has 0 aliphatic rings. The van der Waals surface area contributed by atoms with E-state index in [0.29, 0.717) is 10.6 Å². The number of nitrogens with two attached hydrogens (primary N) is 1. The molecule has 0 aromatic heterocycles. The zero-order valence-corrected chi connectivity index (χ0v) is 12.1. The van der Waals surface area contributed by atoms with Crippen molar-refractivity contribution in [1.29, 1.82) is 0 Å². The first kappa shape index (κ1) is 15.1. The van der Waals surface area contributed by atoms with Crippen molar-refractivity contribution in [3.63, 3.8) is 0 Å². The lowest BCUT2D eigenvalue weighted by Gasteiger charge is -2.15. The lowest BCUT2D eigenvalue weighted by Crippen LogP contribution is -2.25. The van der Waals surface area contributed by atoms with Gasteiger partial charge < -0.3 is 10.5 Å². The summed E-state index contributed by atoms with van der Waals surface area (Å²) in [5.74, 6) is -0.544. The van der Waals surface area contributed by atoms with Gasteiger partial charge in [0, 0.05) is 10.6 Å². The van der Waals surface area contributed by atoms with E-state index in [-0.39, 0.29) is 17.1 Å². The lowest BCUT2D eigenvalue weighted by molar-refractivity contribution is 0.0811. The Morgan fingerprint density at radius 1 is 1.14 bits per heavy atom. The molecular weight excluding hydrogens is 290 g/mol. The number of Topliss-reactive ketones (excluding diaryl/α,β-unsaturated/α-hetero) is 1. The first-order valence-electron chi connectivity index (χ1n) is 6.34. The smallest absolute Gasteiger partial charge is 0.252 e. The van der Waals surface area contributed by atoms with Crippen molar-refractivity contribution in [2.24, 2.45) is 5.73 Å². The summed E-state index contributed by atoms with van der Waals surface area (Å²) in [4.78, 5) is 23.6. The number of hydrogen-bond donors (Lipinski definition) is 1. The number of ether oxygens (including phenoxy) is 1. The Labute approximate surface area is 127 Å². The van der Waals surface area contributed by atoms with Gasteiger partial charge in [0.25, 0.3) is 5.91 Å². The van der Waals surface area contributed by atoms with Gasteiger partial charge in [-0.3, -0.25) is 9.59 Å². The van der Waals surface area contributed by atoms with Crippen LogP contribution in [0.2, 0.25) is 5.02 Å². The molecular formula is C16H14ClNO3. The van der Waals surface area contributed by atoms with Crippen molar-refractivity contribution in [1.82, 2.24) is 0 Å². The van der Waals surface area contributed by atoms with Crippen molar-refractivity contribution in [3.8, 4) is 5.75 Å². The number of carbonyl (C=O) groups is 2. The number of ketones is 1. The first-order valence-corrected chi connectivity index (χ1v) is 6.72. The van der Waals surface area contributed by atoms with Crippen molar-refractivity contribution < 1.29 is 14.3 Å². The van der Waals surface area contributed by atoms with E-state index in [9.17, 15) is 9.59 Å². The highest BCUT2D eigenvalue weighted by Gasteiger charge is 2.19. The molecule has 0 radical (unpaired) electrons. The number of halogens is 1. The Hall–Kier alpha value is -2.33. The molecule has 2 rings (SSSR count). The molecule has 0 bridgehead atoms. The molecule has 2 N–H and O–H groups in total. The van der Waals surface area contributed by atoms with Gasteiger partial charge in [0.1, 0.15) is 5.75 Å². The molecule has 5 heteroatoms. The van der Waals surface area contributed by atoms with E-state index in [1.165, 1.54) is 0 Å². The van der Waals surface area contributed by atoms with E-state index in [1.807, 2.05) is 0 Å². The number of carbonyl (C=O) groups excluding carboxylic acids is 2. The molecule has 108 valence electrons. The second-order valence-corrected chi connectivity index (χ2v) is 4.93. The minimum atomic E-state index is -0.760. The summed E-state index contributed by atoms with van der Waals surface area (Å²) in [5.41, 5.74) is 5.97. The molecule has 0 saturated heterocycles. The van der Waals surface area contributed by atoms with Crippen molar-refractivity contribution in [3.05, 3.63) is 64.7 Å². The number of primary amides is 1. The molecule has 0 fully saturated rings. The van der Waals surface area contributed by atoms with Crippen LogP contribution in [0.4, 0.5) is 0 Å². The molecule has 0 aliphatic carbocycles. The van der Waals surface area contributed by atoms with E-state index in [2.05, 4.69) is 0 Å². The predicted molar refractivity (Wildman–Crippen MR) is 80.8 cm³/mol. The maximum atomic E-state index is 12.3. The molecule has 2 aromatic rings. The molecule has 0 spiro atoms. The van der Waals surface area contributed by atoms with Gasteiger partial charge in [-0.15, -0.1) is 0 Å². The van der Waals surface area contributed by atoms with Gasteiger partial charge >= 0.3 is 0 Å². The summed E-state index contributed by atoms with van der Waals surface area (Å²) < 4.78 is 5.57. The minimum Gasteiger partial charge on any atom is -0.482 e. The van der Waals surface area contributed by atoms with Crippen LogP contribution in [0.3, 0.4) is 0 Å². The molecule has 2 aromatic carbocycles. The normalized spacial score (nSPS) is 11.7. The van der Waals surface area contributed by atoms with Crippen LogP contribution in [0.5, 0.6) is 5.75 Å². The van der Waals surface area contributed by atoms with Gasteiger partial charge in [0.2, 0.25) is 5.78 Å². The lowest BCUT2D eigenvalue weighted by atomic mass is 10.1. The monoisotopic (exact) mass is 303 g/mol. The van der Waals surface area contributed by atoms with E-state index >= 15 is 0 Å². The third kappa shape index (κ3) is 3.61. The van der Waals surface area contributed by atoms with Crippen LogP contribution in [0, 0.1) is 0 Å². The van der Waals surface area contributed by atoms with E-state index in [0.717, 1.165) is 0 Å². The number of amides is 1. The first-order chi connectivity index (χ1) is 9.99. The Kier molecular flexibility index (Phi) is 4.60. The predicted octanol–water partition coefficient (Wildman–Crippen LogP) is 3.09. The molecule has 0 heterocycles. The second-order valence-electron chi connectivity index (χ2n) is 4.50. The molecule has 21 heavy (non-hydrogen) atoms. The Morgan fingerprint density at radius 3 is 2.52 bits per heavy atom. The number of benzene rings is 2. The topological polar surface area (TPSA) is 69.4 Å². The minimum absolute atomic E-state index is 0.225. The van der Waals surface area contributed by atoms with Gasteiger partial charge in [0.05, 0.1) is 5.56 Å².